The molecule has 0 saturated heterocycles. The Labute approximate surface area is 151 Å². The van der Waals surface area contributed by atoms with Crippen LogP contribution in [0, 0.1) is 0 Å². The second-order valence-corrected chi connectivity index (χ2v) is 8.39. The van der Waals surface area contributed by atoms with E-state index in [4.69, 9.17) is 9.47 Å². The van der Waals surface area contributed by atoms with Crippen LogP contribution in [0.15, 0.2) is 30.3 Å². The number of thioether (sulfide) groups is 2. The highest BCUT2D eigenvalue weighted by Crippen LogP contribution is 2.25. The van der Waals surface area contributed by atoms with Crippen molar-refractivity contribution < 1.29 is 9.47 Å². The fourth-order valence-electron chi connectivity index (χ4n) is 2.01. The molecular weight excluding hydrogens is 324 g/mol. The first-order valence-electron chi connectivity index (χ1n) is 8.85. The molecule has 1 aromatic carbocycles. The minimum absolute atomic E-state index is 0.608. The van der Waals surface area contributed by atoms with Crippen LogP contribution in [0.4, 0.5) is 0 Å². The summed E-state index contributed by atoms with van der Waals surface area (Å²) in [5, 5.41) is 0. The van der Waals surface area contributed by atoms with E-state index in [2.05, 4.69) is 13.8 Å². The zero-order chi connectivity index (χ0) is 16.6. The van der Waals surface area contributed by atoms with Crippen molar-refractivity contribution in [3.05, 3.63) is 30.3 Å². The van der Waals surface area contributed by atoms with Gasteiger partial charge in [0.25, 0.3) is 0 Å². The average Bonchev–Trinajstić information content (AvgIpc) is 2.59. The summed E-state index contributed by atoms with van der Waals surface area (Å²) in [6, 6.07) is 10.0. The third-order valence-electron chi connectivity index (χ3n) is 3.21. The number of unbranched alkanes of at least 4 members (excludes halogenated alkanes) is 2. The van der Waals surface area contributed by atoms with Crippen molar-refractivity contribution in [3.63, 3.8) is 0 Å². The monoisotopic (exact) mass is 356 g/mol. The molecule has 0 atom stereocenters. The Bertz CT molecular complexity index is 352. The summed E-state index contributed by atoms with van der Waals surface area (Å²) in [5.74, 6) is 3.44. The molecule has 0 bridgehead atoms. The molecule has 0 saturated carbocycles. The van der Waals surface area contributed by atoms with E-state index >= 15 is 0 Å². The number of hydrogen-bond donors (Lipinski definition) is 0. The van der Waals surface area contributed by atoms with Crippen LogP contribution < -0.4 is 4.74 Å². The van der Waals surface area contributed by atoms with Gasteiger partial charge in [-0.05, 0) is 55.7 Å². The molecule has 1 aromatic rings. The van der Waals surface area contributed by atoms with Gasteiger partial charge in [0, 0.05) is 6.61 Å². The van der Waals surface area contributed by atoms with E-state index in [1.54, 1.807) is 0 Å². The molecule has 0 radical (unpaired) electrons. The lowest BCUT2D eigenvalue weighted by Gasteiger charge is -2.16. The predicted octanol–water partition coefficient (Wildman–Crippen LogP) is 5.86. The highest BCUT2D eigenvalue weighted by Gasteiger charge is 2.08. The molecule has 0 fully saturated rings. The Morgan fingerprint density at radius 1 is 0.870 bits per heavy atom. The highest BCUT2D eigenvalue weighted by molar-refractivity contribution is 8.17. The number of para-hydroxylation sites is 1. The lowest BCUT2D eigenvalue weighted by molar-refractivity contribution is 0.140. The van der Waals surface area contributed by atoms with Crippen LogP contribution in [-0.4, -0.2) is 35.9 Å². The summed E-state index contributed by atoms with van der Waals surface area (Å²) >= 11 is 4.10. The number of rotatable bonds is 15. The van der Waals surface area contributed by atoms with E-state index in [1.807, 2.05) is 53.9 Å². The number of benzene rings is 1. The van der Waals surface area contributed by atoms with Gasteiger partial charge in [-0.15, -0.1) is 23.5 Å². The fourth-order valence-corrected chi connectivity index (χ4v) is 4.36. The lowest BCUT2D eigenvalue weighted by Crippen LogP contribution is -2.11. The van der Waals surface area contributed by atoms with E-state index in [1.165, 1.54) is 30.8 Å². The quantitative estimate of drug-likeness (QED) is 0.289. The summed E-state index contributed by atoms with van der Waals surface area (Å²) in [7, 11) is 0. The molecule has 0 spiro atoms. The SMILES string of the molecule is CCCSC(COCCCCCOc1ccccc1)SCCC. The fraction of sp³-hybridized carbons (Fsp3) is 0.684. The van der Waals surface area contributed by atoms with Gasteiger partial charge in [-0.3, -0.25) is 0 Å². The zero-order valence-corrected chi connectivity index (χ0v) is 16.3. The smallest absolute Gasteiger partial charge is 0.119 e. The lowest BCUT2D eigenvalue weighted by atomic mass is 10.2. The zero-order valence-electron chi connectivity index (χ0n) is 14.7. The van der Waals surface area contributed by atoms with Crippen LogP contribution in [0.25, 0.3) is 0 Å². The van der Waals surface area contributed by atoms with Crippen molar-refractivity contribution >= 4 is 23.5 Å². The summed E-state index contributed by atoms with van der Waals surface area (Å²) in [4.78, 5) is 0. The second kappa shape index (κ2) is 15.2. The minimum Gasteiger partial charge on any atom is -0.494 e. The molecule has 2 nitrogen and oxygen atoms in total. The van der Waals surface area contributed by atoms with Crippen molar-refractivity contribution in [3.8, 4) is 5.75 Å². The van der Waals surface area contributed by atoms with E-state index in [0.29, 0.717) is 4.58 Å². The summed E-state index contributed by atoms with van der Waals surface area (Å²) < 4.78 is 12.2. The molecule has 0 unspecified atom stereocenters. The van der Waals surface area contributed by atoms with Crippen LogP contribution >= 0.6 is 23.5 Å². The topological polar surface area (TPSA) is 18.5 Å². The largest absolute Gasteiger partial charge is 0.494 e. The molecule has 0 aliphatic carbocycles. The Balaban J connectivity index is 1.96. The molecule has 23 heavy (non-hydrogen) atoms. The standard InChI is InChI=1S/C19H32O2S2/c1-3-15-22-19(23-16-4-2)17-20-13-9-6-10-14-21-18-11-7-5-8-12-18/h5,7-8,11-12,19H,3-4,6,9-10,13-17H2,1-2H3. The van der Waals surface area contributed by atoms with Crippen LogP contribution in [0.5, 0.6) is 5.75 Å². The normalized spacial score (nSPS) is 11.1. The Morgan fingerprint density at radius 2 is 1.52 bits per heavy atom. The van der Waals surface area contributed by atoms with E-state index in [0.717, 1.165) is 38.4 Å². The Hall–Kier alpha value is -0.320. The van der Waals surface area contributed by atoms with Crippen molar-refractivity contribution in [1.82, 2.24) is 0 Å². The highest BCUT2D eigenvalue weighted by atomic mass is 32.2. The minimum atomic E-state index is 0.608. The third-order valence-corrected chi connectivity index (χ3v) is 6.33. The van der Waals surface area contributed by atoms with Crippen molar-refractivity contribution in [2.24, 2.45) is 0 Å². The van der Waals surface area contributed by atoms with Gasteiger partial charge in [0.15, 0.2) is 0 Å². The van der Waals surface area contributed by atoms with Gasteiger partial charge >= 0.3 is 0 Å². The summed E-state index contributed by atoms with van der Waals surface area (Å²) in [5.41, 5.74) is 0. The molecule has 4 heteroatoms. The molecule has 132 valence electrons. The summed E-state index contributed by atoms with van der Waals surface area (Å²) in [6.07, 6.45) is 5.88. The second-order valence-electron chi connectivity index (χ2n) is 5.47. The van der Waals surface area contributed by atoms with Crippen molar-refractivity contribution in [2.75, 3.05) is 31.3 Å². The van der Waals surface area contributed by atoms with Gasteiger partial charge in [0.1, 0.15) is 5.75 Å². The van der Waals surface area contributed by atoms with Gasteiger partial charge < -0.3 is 9.47 Å². The maximum Gasteiger partial charge on any atom is 0.119 e. The number of ether oxygens (including phenoxy) is 2. The van der Waals surface area contributed by atoms with Crippen LogP contribution in [0.2, 0.25) is 0 Å². The van der Waals surface area contributed by atoms with Gasteiger partial charge in [-0.25, -0.2) is 0 Å². The van der Waals surface area contributed by atoms with Gasteiger partial charge in [-0.1, -0.05) is 32.0 Å². The molecular formula is C19H32O2S2. The average molecular weight is 357 g/mol. The van der Waals surface area contributed by atoms with Crippen molar-refractivity contribution in [1.29, 1.82) is 0 Å². The Kier molecular flexibility index (Phi) is 13.7. The van der Waals surface area contributed by atoms with Crippen molar-refractivity contribution in [2.45, 2.75) is 50.5 Å². The van der Waals surface area contributed by atoms with Crippen LogP contribution in [0.1, 0.15) is 46.0 Å². The van der Waals surface area contributed by atoms with Gasteiger partial charge in [0.2, 0.25) is 0 Å². The van der Waals surface area contributed by atoms with Crippen LogP contribution in [0.3, 0.4) is 0 Å². The molecule has 0 heterocycles. The molecule has 0 aromatic heterocycles. The van der Waals surface area contributed by atoms with Crippen LogP contribution in [-0.2, 0) is 4.74 Å². The maximum absolute atomic E-state index is 5.87. The predicted molar refractivity (Wildman–Crippen MR) is 106 cm³/mol. The van der Waals surface area contributed by atoms with Gasteiger partial charge in [-0.2, -0.15) is 0 Å². The number of hydrogen-bond acceptors (Lipinski definition) is 4. The molecule has 1 rings (SSSR count). The molecule has 0 aliphatic rings. The molecule has 0 amide bonds. The van der Waals surface area contributed by atoms with Gasteiger partial charge in [0.05, 0.1) is 17.8 Å². The maximum atomic E-state index is 5.87. The third kappa shape index (κ3) is 11.8. The van der Waals surface area contributed by atoms with E-state index in [-0.39, 0.29) is 0 Å². The first-order chi connectivity index (χ1) is 11.4. The Morgan fingerprint density at radius 3 is 2.17 bits per heavy atom. The van der Waals surface area contributed by atoms with E-state index in [9.17, 15) is 0 Å². The first kappa shape index (κ1) is 20.7. The first-order valence-corrected chi connectivity index (χ1v) is 10.9. The molecule has 0 aliphatic heterocycles. The van der Waals surface area contributed by atoms with E-state index < -0.39 is 0 Å². The molecule has 0 N–H and O–H groups in total. The summed E-state index contributed by atoms with van der Waals surface area (Å²) in [6.45, 7) is 7.04.